The van der Waals surface area contributed by atoms with Crippen molar-refractivity contribution in [2.75, 3.05) is 24.4 Å². The number of rotatable bonds is 7. The number of ether oxygens (including phenoxy) is 2. The summed E-state index contributed by atoms with van der Waals surface area (Å²) in [6, 6.07) is 14.0. The standard InChI is InChI=1S/C24H24N2O5S/c1-5-31-24(29)19-15(3)20(22(28)25-18-9-7-6-8-14(18)2)32-23(19)26-21(27)16-10-12-17(30-4)13-11-16/h6-13H,5H2,1-4H3,(H,25,28)(H,26,27). The highest BCUT2D eigenvalue weighted by atomic mass is 32.1. The van der Waals surface area contributed by atoms with E-state index >= 15 is 0 Å². The number of hydrogen-bond acceptors (Lipinski definition) is 6. The fourth-order valence-electron chi connectivity index (χ4n) is 3.08. The fraction of sp³-hybridized carbons (Fsp3) is 0.208. The number of aryl methyl sites for hydroxylation is 1. The molecule has 0 bridgehead atoms. The van der Waals surface area contributed by atoms with Crippen molar-refractivity contribution in [1.82, 2.24) is 0 Å². The SMILES string of the molecule is CCOC(=O)c1c(NC(=O)c2ccc(OC)cc2)sc(C(=O)Nc2ccccc2C)c1C. The predicted molar refractivity (Wildman–Crippen MR) is 125 cm³/mol. The Bertz CT molecular complexity index is 1150. The molecule has 0 aliphatic rings. The number of carbonyl (C=O) groups excluding carboxylic acids is 3. The summed E-state index contributed by atoms with van der Waals surface area (Å²) >= 11 is 1.03. The van der Waals surface area contributed by atoms with Crippen molar-refractivity contribution in [2.45, 2.75) is 20.8 Å². The number of benzene rings is 2. The van der Waals surface area contributed by atoms with E-state index in [2.05, 4.69) is 10.6 Å². The summed E-state index contributed by atoms with van der Waals surface area (Å²) in [5, 5.41) is 5.88. The van der Waals surface area contributed by atoms with Gasteiger partial charge in [-0.05, 0) is 62.2 Å². The monoisotopic (exact) mass is 452 g/mol. The van der Waals surface area contributed by atoms with Gasteiger partial charge >= 0.3 is 5.97 Å². The Kier molecular flexibility index (Phi) is 7.27. The third-order valence-electron chi connectivity index (χ3n) is 4.81. The van der Waals surface area contributed by atoms with Gasteiger partial charge < -0.3 is 20.1 Å². The molecular formula is C24H24N2O5S. The molecular weight excluding hydrogens is 428 g/mol. The van der Waals surface area contributed by atoms with Crippen LogP contribution in [0.3, 0.4) is 0 Å². The van der Waals surface area contributed by atoms with E-state index in [1.807, 2.05) is 25.1 Å². The van der Waals surface area contributed by atoms with Crippen molar-refractivity contribution in [3.8, 4) is 5.75 Å². The highest BCUT2D eigenvalue weighted by molar-refractivity contribution is 7.19. The lowest BCUT2D eigenvalue weighted by Crippen LogP contribution is -2.15. The van der Waals surface area contributed by atoms with E-state index in [9.17, 15) is 14.4 Å². The predicted octanol–water partition coefficient (Wildman–Crippen LogP) is 5.05. The van der Waals surface area contributed by atoms with Gasteiger partial charge in [0, 0.05) is 11.3 Å². The Labute approximate surface area is 190 Å². The smallest absolute Gasteiger partial charge is 0.341 e. The number of carbonyl (C=O) groups is 3. The lowest BCUT2D eigenvalue weighted by atomic mass is 10.1. The molecule has 32 heavy (non-hydrogen) atoms. The Morgan fingerprint density at radius 1 is 0.938 bits per heavy atom. The van der Waals surface area contributed by atoms with Gasteiger partial charge in [-0.15, -0.1) is 11.3 Å². The lowest BCUT2D eigenvalue weighted by Gasteiger charge is -2.08. The maximum absolute atomic E-state index is 13.0. The number of para-hydroxylation sites is 1. The maximum Gasteiger partial charge on any atom is 0.341 e. The first kappa shape index (κ1) is 23.0. The summed E-state index contributed by atoms with van der Waals surface area (Å²) in [7, 11) is 1.54. The number of amides is 2. The van der Waals surface area contributed by atoms with Crippen LogP contribution in [0.25, 0.3) is 0 Å². The average molecular weight is 453 g/mol. The van der Waals surface area contributed by atoms with Crippen molar-refractivity contribution in [2.24, 2.45) is 0 Å². The highest BCUT2D eigenvalue weighted by Gasteiger charge is 2.27. The van der Waals surface area contributed by atoms with Crippen molar-refractivity contribution in [3.05, 3.63) is 75.7 Å². The van der Waals surface area contributed by atoms with Crippen LogP contribution < -0.4 is 15.4 Å². The minimum atomic E-state index is -0.596. The van der Waals surface area contributed by atoms with E-state index in [1.165, 1.54) is 0 Å². The van der Waals surface area contributed by atoms with E-state index in [0.29, 0.717) is 27.4 Å². The Balaban J connectivity index is 1.93. The molecule has 0 unspecified atom stereocenters. The van der Waals surface area contributed by atoms with Crippen LogP contribution in [0.5, 0.6) is 5.75 Å². The normalized spacial score (nSPS) is 10.4. The Morgan fingerprint density at radius 3 is 2.25 bits per heavy atom. The van der Waals surface area contributed by atoms with E-state index in [1.54, 1.807) is 51.3 Å². The zero-order chi connectivity index (χ0) is 23.3. The second-order valence-corrected chi connectivity index (χ2v) is 7.95. The van der Waals surface area contributed by atoms with E-state index < -0.39 is 11.9 Å². The summed E-state index contributed by atoms with van der Waals surface area (Å²) in [5.41, 5.74) is 2.59. The van der Waals surface area contributed by atoms with Gasteiger partial charge in [-0.1, -0.05) is 18.2 Å². The van der Waals surface area contributed by atoms with Crippen LogP contribution in [0.4, 0.5) is 10.7 Å². The first-order valence-electron chi connectivity index (χ1n) is 9.98. The molecule has 3 aromatic rings. The minimum absolute atomic E-state index is 0.171. The molecule has 0 aliphatic carbocycles. The summed E-state index contributed by atoms with van der Waals surface area (Å²) < 4.78 is 10.3. The van der Waals surface area contributed by atoms with Gasteiger partial charge in [0.05, 0.1) is 24.2 Å². The third-order valence-corrected chi connectivity index (χ3v) is 6.01. The summed E-state index contributed by atoms with van der Waals surface area (Å²) in [4.78, 5) is 38.7. The van der Waals surface area contributed by atoms with Crippen LogP contribution in [-0.4, -0.2) is 31.5 Å². The number of nitrogens with one attached hydrogen (secondary N) is 2. The van der Waals surface area contributed by atoms with Crippen LogP contribution in [0, 0.1) is 13.8 Å². The molecule has 0 fully saturated rings. The molecule has 7 nitrogen and oxygen atoms in total. The zero-order valence-electron chi connectivity index (χ0n) is 18.3. The molecule has 1 aromatic heterocycles. The van der Waals surface area contributed by atoms with Gasteiger partial charge in [0.25, 0.3) is 11.8 Å². The maximum atomic E-state index is 13.0. The van der Waals surface area contributed by atoms with Crippen LogP contribution >= 0.6 is 11.3 Å². The van der Waals surface area contributed by atoms with E-state index in [0.717, 1.165) is 16.9 Å². The molecule has 2 N–H and O–H groups in total. The number of methoxy groups -OCH3 is 1. The first-order chi connectivity index (χ1) is 15.3. The van der Waals surface area contributed by atoms with Crippen molar-refractivity contribution >= 4 is 39.8 Å². The molecule has 0 saturated heterocycles. The van der Waals surface area contributed by atoms with Gasteiger partial charge in [-0.3, -0.25) is 9.59 Å². The molecule has 3 rings (SSSR count). The van der Waals surface area contributed by atoms with Gasteiger partial charge in [0.2, 0.25) is 0 Å². The van der Waals surface area contributed by atoms with Crippen LogP contribution in [0.15, 0.2) is 48.5 Å². The van der Waals surface area contributed by atoms with Gasteiger partial charge in [0.15, 0.2) is 0 Å². The van der Waals surface area contributed by atoms with Gasteiger partial charge in [-0.2, -0.15) is 0 Å². The van der Waals surface area contributed by atoms with Crippen LogP contribution in [0.2, 0.25) is 0 Å². The summed E-state index contributed by atoms with van der Waals surface area (Å²) in [6.07, 6.45) is 0. The molecule has 2 aromatic carbocycles. The topological polar surface area (TPSA) is 93.7 Å². The van der Waals surface area contributed by atoms with Crippen molar-refractivity contribution < 1.29 is 23.9 Å². The lowest BCUT2D eigenvalue weighted by molar-refractivity contribution is 0.0527. The van der Waals surface area contributed by atoms with Crippen LogP contribution in [-0.2, 0) is 4.74 Å². The highest BCUT2D eigenvalue weighted by Crippen LogP contribution is 2.35. The zero-order valence-corrected chi connectivity index (χ0v) is 19.1. The quantitative estimate of drug-likeness (QED) is 0.489. The number of hydrogen-bond donors (Lipinski definition) is 2. The van der Waals surface area contributed by atoms with Crippen LogP contribution in [0.1, 0.15) is 48.4 Å². The Morgan fingerprint density at radius 2 is 1.62 bits per heavy atom. The number of esters is 1. The van der Waals surface area contributed by atoms with Crippen molar-refractivity contribution in [3.63, 3.8) is 0 Å². The second-order valence-electron chi connectivity index (χ2n) is 6.93. The molecule has 0 atom stereocenters. The van der Waals surface area contributed by atoms with E-state index in [4.69, 9.17) is 9.47 Å². The molecule has 8 heteroatoms. The first-order valence-corrected chi connectivity index (χ1v) is 10.8. The van der Waals surface area contributed by atoms with E-state index in [-0.39, 0.29) is 23.1 Å². The third kappa shape index (κ3) is 4.97. The molecule has 0 aliphatic heterocycles. The molecule has 166 valence electrons. The average Bonchev–Trinajstić information content (AvgIpc) is 3.11. The molecule has 0 spiro atoms. The second kappa shape index (κ2) is 10.1. The minimum Gasteiger partial charge on any atom is -0.497 e. The molecule has 0 saturated carbocycles. The van der Waals surface area contributed by atoms with Gasteiger partial charge in [-0.25, -0.2) is 4.79 Å². The summed E-state index contributed by atoms with van der Waals surface area (Å²) in [5.74, 6) is -0.750. The molecule has 0 radical (unpaired) electrons. The number of anilines is 2. The summed E-state index contributed by atoms with van der Waals surface area (Å²) in [6.45, 7) is 5.42. The fourth-order valence-corrected chi connectivity index (χ4v) is 4.16. The Hall–Kier alpha value is -3.65. The van der Waals surface area contributed by atoms with Crippen molar-refractivity contribution in [1.29, 1.82) is 0 Å². The largest absolute Gasteiger partial charge is 0.497 e. The number of thiophene rings is 1. The van der Waals surface area contributed by atoms with Gasteiger partial charge in [0.1, 0.15) is 10.8 Å². The molecule has 1 heterocycles. The molecule has 2 amide bonds.